The van der Waals surface area contributed by atoms with E-state index in [1.807, 2.05) is 18.4 Å². The molecule has 1 rings (SSSR count). The van der Waals surface area contributed by atoms with Crippen LogP contribution in [0.25, 0.3) is 0 Å². The van der Waals surface area contributed by atoms with Crippen molar-refractivity contribution in [1.29, 1.82) is 0 Å². The van der Waals surface area contributed by atoms with E-state index in [2.05, 4.69) is 31.5 Å². The second-order valence-electron chi connectivity index (χ2n) is 4.43. The topological polar surface area (TPSA) is 24.9 Å². The molecule has 1 unspecified atom stereocenters. The van der Waals surface area contributed by atoms with Crippen molar-refractivity contribution >= 4 is 11.3 Å². The summed E-state index contributed by atoms with van der Waals surface area (Å²) in [4.78, 5) is 4.72. The Morgan fingerprint density at radius 2 is 2.20 bits per heavy atom. The number of nitrogens with zero attached hydrogens (tertiary/aromatic N) is 1. The molecule has 0 aromatic carbocycles. The molecule has 0 radical (unpaired) electrons. The standard InChI is InChI=1S/C12H22N2S/c1-5-10(7-13-4)11-8-15-12(14-11)6-9(2)3/h8-10,13H,5-7H2,1-4H3. The van der Waals surface area contributed by atoms with Gasteiger partial charge in [0.05, 0.1) is 10.7 Å². The van der Waals surface area contributed by atoms with Gasteiger partial charge in [0.15, 0.2) is 0 Å². The first-order valence-corrected chi connectivity index (χ1v) is 6.64. The van der Waals surface area contributed by atoms with Crippen LogP contribution in [0.3, 0.4) is 0 Å². The second-order valence-corrected chi connectivity index (χ2v) is 5.37. The van der Waals surface area contributed by atoms with Crippen LogP contribution >= 0.6 is 11.3 Å². The van der Waals surface area contributed by atoms with Crippen LogP contribution in [-0.4, -0.2) is 18.6 Å². The lowest BCUT2D eigenvalue weighted by molar-refractivity contribution is 0.593. The average Bonchev–Trinajstić information content (AvgIpc) is 2.61. The minimum absolute atomic E-state index is 0.576. The molecule has 1 aromatic heterocycles. The molecule has 1 heterocycles. The van der Waals surface area contributed by atoms with E-state index < -0.39 is 0 Å². The van der Waals surface area contributed by atoms with Gasteiger partial charge in [0.2, 0.25) is 0 Å². The highest BCUT2D eigenvalue weighted by Gasteiger charge is 2.12. The normalized spacial score (nSPS) is 13.4. The monoisotopic (exact) mass is 226 g/mol. The SMILES string of the molecule is CCC(CNC)c1csc(CC(C)C)n1. The largest absolute Gasteiger partial charge is 0.319 e. The number of nitrogens with one attached hydrogen (secondary N) is 1. The van der Waals surface area contributed by atoms with Crippen molar-refractivity contribution in [3.05, 3.63) is 16.1 Å². The lowest BCUT2D eigenvalue weighted by Crippen LogP contribution is -2.16. The van der Waals surface area contributed by atoms with Gasteiger partial charge in [-0.1, -0.05) is 20.8 Å². The quantitative estimate of drug-likeness (QED) is 0.806. The Hall–Kier alpha value is -0.410. The second kappa shape index (κ2) is 6.23. The van der Waals surface area contributed by atoms with E-state index in [1.165, 1.54) is 10.7 Å². The fraction of sp³-hybridized carbons (Fsp3) is 0.750. The zero-order chi connectivity index (χ0) is 11.3. The molecule has 3 heteroatoms. The molecule has 0 aliphatic rings. The number of aromatic nitrogens is 1. The zero-order valence-electron chi connectivity index (χ0n) is 10.2. The molecule has 86 valence electrons. The summed E-state index contributed by atoms with van der Waals surface area (Å²) in [7, 11) is 2.00. The van der Waals surface area contributed by atoms with Crippen molar-refractivity contribution in [3.63, 3.8) is 0 Å². The van der Waals surface area contributed by atoms with E-state index >= 15 is 0 Å². The maximum Gasteiger partial charge on any atom is 0.0930 e. The van der Waals surface area contributed by atoms with Crippen LogP contribution < -0.4 is 5.32 Å². The molecule has 0 aliphatic carbocycles. The van der Waals surface area contributed by atoms with Crippen LogP contribution in [0.15, 0.2) is 5.38 Å². The average molecular weight is 226 g/mol. The van der Waals surface area contributed by atoms with Crippen molar-refractivity contribution in [2.24, 2.45) is 5.92 Å². The number of rotatable bonds is 6. The molecule has 1 atom stereocenters. The third kappa shape index (κ3) is 3.92. The van der Waals surface area contributed by atoms with Crippen molar-refractivity contribution in [3.8, 4) is 0 Å². The van der Waals surface area contributed by atoms with Crippen LogP contribution in [0.5, 0.6) is 0 Å². The predicted molar refractivity (Wildman–Crippen MR) is 67.6 cm³/mol. The molecule has 0 amide bonds. The third-order valence-corrected chi connectivity index (χ3v) is 3.40. The van der Waals surface area contributed by atoms with Gasteiger partial charge in [0.1, 0.15) is 0 Å². The van der Waals surface area contributed by atoms with Gasteiger partial charge in [-0.2, -0.15) is 0 Å². The Morgan fingerprint density at radius 1 is 1.47 bits per heavy atom. The Morgan fingerprint density at radius 3 is 2.73 bits per heavy atom. The Balaban J connectivity index is 2.64. The first kappa shape index (κ1) is 12.7. The van der Waals surface area contributed by atoms with Gasteiger partial charge in [0.25, 0.3) is 0 Å². The van der Waals surface area contributed by atoms with Crippen molar-refractivity contribution in [2.45, 2.75) is 39.5 Å². The fourth-order valence-electron chi connectivity index (χ4n) is 1.66. The molecular formula is C12H22N2S. The molecule has 1 N–H and O–H groups in total. The lowest BCUT2D eigenvalue weighted by Gasteiger charge is -2.10. The molecule has 0 bridgehead atoms. The highest BCUT2D eigenvalue weighted by Crippen LogP contribution is 2.22. The van der Waals surface area contributed by atoms with E-state index in [0.29, 0.717) is 11.8 Å². The van der Waals surface area contributed by atoms with E-state index in [4.69, 9.17) is 4.98 Å². The van der Waals surface area contributed by atoms with Gasteiger partial charge in [-0.3, -0.25) is 0 Å². The Kier molecular flexibility index (Phi) is 5.26. The predicted octanol–water partition coefficient (Wildman–Crippen LogP) is 3.05. The molecule has 1 aromatic rings. The van der Waals surface area contributed by atoms with E-state index in [0.717, 1.165) is 19.4 Å². The minimum Gasteiger partial charge on any atom is -0.319 e. The van der Waals surface area contributed by atoms with Gasteiger partial charge in [-0.15, -0.1) is 11.3 Å². The number of likely N-dealkylation sites (N-methyl/N-ethyl adjacent to an activating group) is 1. The highest BCUT2D eigenvalue weighted by atomic mass is 32.1. The van der Waals surface area contributed by atoms with E-state index in [-0.39, 0.29) is 0 Å². The number of hydrogen-bond acceptors (Lipinski definition) is 3. The summed E-state index contributed by atoms with van der Waals surface area (Å²) in [6.45, 7) is 7.74. The van der Waals surface area contributed by atoms with Crippen LogP contribution in [0, 0.1) is 5.92 Å². The van der Waals surface area contributed by atoms with Gasteiger partial charge >= 0.3 is 0 Å². The molecule has 0 fully saturated rings. The number of hydrogen-bond donors (Lipinski definition) is 1. The van der Waals surface area contributed by atoms with Crippen LogP contribution in [-0.2, 0) is 6.42 Å². The minimum atomic E-state index is 0.576. The van der Waals surface area contributed by atoms with Gasteiger partial charge in [0, 0.05) is 24.3 Å². The molecular weight excluding hydrogens is 204 g/mol. The molecule has 0 spiro atoms. The summed E-state index contributed by atoms with van der Waals surface area (Å²) in [5, 5.41) is 6.74. The first-order valence-electron chi connectivity index (χ1n) is 5.76. The lowest BCUT2D eigenvalue weighted by atomic mass is 10.0. The van der Waals surface area contributed by atoms with Crippen LogP contribution in [0.2, 0.25) is 0 Å². The van der Waals surface area contributed by atoms with Crippen LogP contribution in [0.4, 0.5) is 0 Å². The Bertz CT molecular complexity index is 281. The van der Waals surface area contributed by atoms with E-state index in [1.54, 1.807) is 0 Å². The molecule has 0 aliphatic heterocycles. The summed E-state index contributed by atoms with van der Waals surface area (Å²) >= 11 is 1.81. The van der Waals surface area contributed by atoms with Crippen LogP contribution in [0.1, 0.15) is 43.8 Å². The molecule has 0 saturated heterocycles. The summed E-state index contributed by atoms with van der Waals surface area (Å²) in [6, 6.07) is 0. The van der Waals surface area contributed by atoms with Gasteiger partial charge in [-0.05, 0) is 19.4 Å². The Labute approximate surface area is 97.1 Å². The summed E-state index contributed by atoms with van der Waals surface area (Å²) < 4.78 is 0. The van der Waals surface area contributed by atoms with E-state index in [9.17, 15) is 0 Å². The third-order valence-electron chi connectivity index (χ3n) is 2.51. The molecule has 15 heavy (non-hydrogen) atoms. The van der Waals surface area contributed by atoms with Crippen molar-refractivity contribution in [2.75, 3.05) is 13.6 Å². The fourth-order valence-corrected chi connectivity index (χ4v) is 2.75. The molecule has 2 nitrogen and oxygen atoms in total. The summed E-state index contributed by atoms with van der Waals surface area (Å²) in [6.07, 6.45) is 2.27. The summed E-state index contributed by atoms with van der Waals surface area (Å²) in [5.74, 6) is 1.28. The maximum absolute atomic E-state index is 4.72. The van der Waals surface area contributed by atoms with Gasteiger partial charge < -0.3 is 5.32 Å². The first-order chi connectivity index (χ1) is 7.17. The number of thiazole rings is 1. The van der Waals surface area contributed by atoms with Crippen molar-refractivity contribution < 1.29 is 0 Å². The van der Waals surface area contributed by atoms with Gasteiger partial charge in [-0.25, -0.2) is 4.98 Å². The van der Waals surface area contributed by atoms with Crippen molar-refractivity contribution in [1.82, 2.24) is 10.3 Å². The maximum atomic E-state index is 4.72. The summed E-state index contributed by atoms with van der Waals surface area (Å²) in [5.41, 5.74) is 1.27. The smallest absolute Gasteiger partial charge is 0.0930 e. The molecule has 0 saturated carbocycles. The zero-order valence-corrected chi connectivity index (χ0v) is 11.0. The highest BCUT2D eigenvalue weighted by molar-refractivity contribution is 7.09.